The Hall–Kier alpha value is -3.11. The third-order valence-electron chi connectivity index (χ3n) is 4.80. The maximum Gasteiger partial charge on any atom is 0.471 e. The number of hydrogen-bond donors (Lipinski definition) is 2. The summed E-state index contributed by atoms with van der Waals surface area (Å²) < 4.78 is 108. The summed E-state index contributed by atoms with van der Waals surface area (Å²) in [6, 6.07) is 2.57. The first-order valence-corrected chi connectivity index (χ1v) is 11.1. The number of amides is 3. The molecular weight excluding hydrogens is 541 g/mol. The second kappa shape index (κ2) is 15.3. The SMILES string of the molecule is CCN(CC)CCCCN(Cc1cc(CNC(=O)C(F)(F)F)ccn1)C(=O)C(F)(F)F.NC(=O)C(F)(F)F. The van der Waals surface area contributed by atoms with Crippen molar-refractivity contribution in [3.05, 3.63) is 29.6 Å². The van der Waals surface area contributed by atoms with Crippen LogP contribution in [0.15, 0.2) is 18.3 Å². The number of nitrogens with two attached hydrogens (primary N) is 1. The van der Waals surface area contributed by atoms with Crippen molar-refractivity contribution in [1.82, 2.24) is 20.1 Å². The van der Waals surface area contributed by atoms with E-state index >= 15 is 0 Å². The molecule has 218 valence electrons. The van der Waals surface area contributed by atoms with Crippen molar-refractivity contribution in [2.24, 2.45) is 5.73 Å². The first-order chi connectivity index (χ1) is 17.3. The number of rotatable bonds is 11. The molecule has 17 heteroatoms. The molecule has 1 aromatic heterocycles. The van der Waals surface area contributed by atoms with Crippen molar-refractivity contribution < 1.29 is 53.9 Å². The van der Waals surface area contributed by atoms with Crippen LogP contribution in [0.3, 0.4) is 0 Å². The Bertz CT molecular complexity index is 902. The van der Waals surface area contributed by atoms with Crippen molar-refractivity contribution in [3.63, 3.8) is 0 Å². The van der Waals surface area contributed by atoms with Gasteiger partial charge in [-0.25, -0.2) is 0 Å². The van der Waals surface area contributed by atoms with Gasteiger partial charge >= 0.3 is 36.3 Å². The van der Waals surface area contributed by atoms with E-state index in [9.17, 15) is 49.1 Å². The summed E-state index contributed by atoms with van der Waals surface area (Å²) in [4.78, 5) is 38.5. The van der Waals surface area contributed by atoms with Crippen LogP contribution in [0, 0.1) is 0 Å². The highest BCUT2D eigenvalue weighted by molar-refractivity contribution is 5.82. The zero-order valence-electron chi connectivity index (χ0n) is 20.4. The molecule has 0 aliphatic rings. The average molecular weight is 569 g/mol. The van der Waals surface area contributed by atoms with Crippen LogP contribution in [0.4, 0.5) is 39.5 Å². The number of carbonyl (C=O) groups excluding carboxylic acids is 3. The Kier molecular flexibility index (Phi) is 14.1. The fraction of sp³-hybridized carbons (Fsp3) is 0.619. The first-order valence-electron chi connectivity index (χ1n) is 11.1. The lowest BCUT2D eigenvalue weighted by atomic mass is 10.2. The standard InChI is InChI=1S/C19H26F6N4O2.C2H2F3NO/c1-3-28(4-2)9-5-6-10-29(17(31)19(23,24)25)13-15-11-14(7-8-26-15)12-27-16(30)18(20,21)22;3-2(4,5)1(6)7/h7-8,11H,3-6,9-10,12-13H2,1-2H3,(H,27,30);(H2,6,7). The Labute approximate surface area is 212 Å². The fourth-order valence-corrected chi connectivity index (χ4v) is 2.81. The minimum absolute atomic E-state index is 0.0695. The van der Waals surface area contributed by atoms with Crippen LogP contribution in [0.1, 0.15) is 37.9 Å². The molecule has 1 aromatic rings. The van der Waals surface area contributed by atoms with E-state index in [4.69, 9.17) is 4.79 Å². The molecule has 1 rings (SSSR count). The third-order valence-corrected chi connectivity index (χ3v) is 4.80. The number of alkyl halides is 9. The number of hydrogen-bond acceptors (Lipinski definition) is 5. The van der Waals surface area contributed by atoms with Gasteiger partial charge in [0.25, 0.3) is 0 Å². The maximum atomic E-state index is 13.0. The van der Waals surface area contributed by atoms with Crippen LogP contribution in [-0.2, 0) is 27.5 Å². The molecule has 0 saturated heterocycles. The van der Waals surface area contributed by atoms with Gasteiger partial charge in [0.2, 0.25) is 0 Å². The Morgan fingerprint density at radius 2 is 1.42 bits per heavy atom. The molecule has 0 aliphatic heterocycles. The monoisotopic (exact) mass is 569 g/mol. The van der Waals surface area contributed by atoms with Crippen LogP contribution in [-0.4, -0.2) is 77.2 Å². The molecule has 0 spiro atoms. The van der Waals surface area contributed by atoms with Gasteiger partial charge in [0.15, 0.2) is 0 Å². The van der Waals surface area contributed by atoms with E-state index in [-0.39, 0.29) is 17.8 Å². The minimum Gasteiger partial charge on any atom is -0.362 e. The molecule has 0 fully saturated rings. The van der Waals surface area contributed by atoms with Gasteiger partial charge in [-0.2, -0.15) is 39.5 Å². The third kappa shape index (κ3) is 14.0. The summed E-state index contributed by atoms with van der Waals surface area (Å²) in [6.07, 6.45) is -12.8. The lowest BCUT2D eigenvalue weighted by Gasteiger charge is -2.24. The molecule has 0 saturated carbocycles. The van der Waals surface area contributed by atoms with Gasteiger partial charge in [0, 0.05) is 19.3 Å². The predicted molar refractivity (Wildman–Crippen MR) is 116 cm³/mol. The molecule has 0 radical (unpaired) electrons. The summed E-state index contributed by atoms with van der Waals surface area (Å²) >= 11 is 0. The number of aromatic nitrogens is 1. The molecular formula is C21H28F9N5O3. The van der Waals surface area contributed by atoms with Gasteiger partial charge in [-0.05, 0) is 50.2 Å². The molecule has 0 atom stereocenters. The number of unbranched alkanes of at least 4 members (excludes halogenated alkanes) is 1. The largest absolute Gasteiger partial charge is 0.471 e. The Balaban J connectivity index is 0.00000171. The minimum atomic E-state index is -5.06. The lowest BCUT2D eigenvalue weighted by molar-refractivity contribution is -0.186. The molecule has 3 N–H and O–H groups in total. The van der Waals surface area contributed by atoms with Gasteiger partial charge in [-0.3, -0.25) is 19.4 Å². The predicted octanol–water partition coefficient (Wildman–Crippen LogP) is 3.31. The van der Waals surface area contributed by atoms with Gasteiger partial charge in [0.05, 0.1) is 12.2 Å². The first kappa shape index (κ1) is 34.9. The van der Waals surface area contributed by atoms with Crippen molar-refractivity contribution >= 4 is 17.7 Å². The van der Waals surface area contributed by atoms with E-state index in [0.29, 0.717) is 24.3 Å². The number of primary amides is 1. The summed E-state index contributed by atoms with van der Waals surface area (Å²) in [7, 11) is 0. The highest BCUT2D eigenvalue weighted by atomic mass is 19.4. The Morgan fingerprint density at radius 1 is 0.895 bits per heavy atom. The molecule has 0 aliphatic carbocycles. The normalized spacial score (nSPS) is 12.0. The van der Waals surface area contributed by atoms with Crippen molar-refractivity contribution in [1.29, 1.82) is 0 Å². The zero-order chi connectivity index (χ0) is 29.7. The highest BCUT2D eigenvalue weighted by Crippen LogP contribution is 2.21. The number of nitrogens with one attached hydrogen (secondary N) is 1. The van der Waals surface area contributed by atoms with E-state index in [2.05, 4.69) is 15.6 Å². The zero-order valence-corrected chi connectivity index (χ0v) is 20.4. The highest BCUT2D eigenvalue weighted by Gasteiger charge is 2.42. The maximum absolute atomic E-state index is 13.0. The molecule has 8 nitrogen and oxygen atoms in total. The molecule has 0 aromatic carbocycles. The van der Waals surface area contributed by atoms with E-state index in [1.165, 1.54) is 18.3 Å². The van der Waals surface area contributed by atoms with Crippen molar-refractivity contribution in [2.45, 2.75) is 58.3 Å². The molecule has 38 heavy (non-hydrogen) atoms. The topological polar surface area (TPSA) is 109 Å². The second-order valence-electron chi connectivity index (χ2n) is 7.66. The van der Waals surface area contributed by atoms with E-state index in [0.717, 1.165) is 13.1 Å². The van der Waals surface area contributed by atoms with Crippen molar-refractivity contribution in [3.8, 4) is 0 Å². The summed E-state index contributed by atoms with van der Waals surface area (Å²) in [6.45, 7) is 5.17. The van der Waals surface area contributed by atoms with Crippen LogP contribution >= 0.6 is 0 Å². The number of nitrogens with zero attached hydrogens (tertiary/aromatic N) is 3. The molecule has 3 amide bonds. The van der Waals surface area contributed by atoms with Crippen LogP contribution < -0.4 is 11.1 Å². The van der Waals surface area contributed by atoms with Gasteiger partial charge < -0.3 is 20.9 Å². The molecule has 0 bridgehead atoms. The smallest absolute Gasteiger partial charge is 0.362 e. The van der Waals surface area contributed by atoms with Crippen LogP contribution in [0.2, 0.25) is 0 Å². The number of halogens is 9. The van der Waals surface area contributed by atoms with Gasteiger partial charge in [-0.1, -0.05) is 13.8 Å². The average Bonchev–Trinajstić information content (AvgIpc) is 2.80. The molecule has 0 unspecified atom stereocenters. The summed E-state index contributed by atoms with van der Waals surface area (Å²) in [5, 5.41) is 1.67. The van der Waals surface area contributed by atoms with Gasteiger partial charge in [0.1, 0.15) is 0 Å². The second-order valence-corrected chi connectivity index (χ2v) is 7.66. The van der Waals surface area contributed by atoms with E-state index in [1.807, 2.05) is 13.8 Å². The summed E-state index contributed by atoms with van der Waals surface area (Å²) in [5.41, 5.74) is 4.09. The van der Waals surface area contributed by atoms with Gasteiger partial charge in [-0.15, -0.1) is 0 Å². The number of carbonyl (C=O) groups is 3. The van der Waals surface area contributed by atoms with Crippen LogP contribution in [0.25, 0.3) is 0 Å². The fourth-order valence-electron chi connectivity index (χ4n) is 2.81. The van der Waals surface area contributed by atoms with E-state index in [1.54, 1.807) is 5.32 Å². The molecule has 1 heterocycles. The Morgan fingerprint density at radius 3 is 1.87 bits per heavy atom. The quantitative estimate of drug-likeness (QED) is 0.314. The number of pyridine rings is 1. The summed E-state index contributed by atoms with van der Waals surface area (Å²) in [5.74, 6) is -6.40. The van der Waals surface area contributed by atoms with Crippen LogP contribution in [0.5, 0.6) is 0 Å². The van der Waals surface area contributed by atoms with E-state index < -0.39 is 49.3 Å². The van der Waals surface area contributed by atoms with Crippen molar-refractivity contribution in [2.75, 3.05) is 26.2 Å². The lowest BCUT2D eigenvalue weighted by Crippen LogP contribution is -2.41.